The third-order valence-electron chi connectivity index (χ3n) is 8.10. The molecule has 1 N–H and O–H groups in total. The van der Waals surface area contributed by atoms with Crippen LogP contribution in [0.5, 0.6) is 0 Å². The molecule has 3 aromatic carbocycles. The highest BCUT2D eigenvalue weighted by Gasteiger charge is 2.29. The average molecular weight is 522 g/mol. The SMILES string of the molecule is CCCCCN1CCN(c2ccc(Nc3ncc4c(n3)-c3ccccc3C(c3ccccc3F)C4)cc2)CC1. The van der Waals surface area contributed by atoms with E-state index in [0.717, 1.165) is 59.8 Å². The summed E-state index contributed by atoms with van der Waals surface area (Å²) in [5.74, 6) is 0.349. The minimum Gasteiger partial charge on any atom is -0.369 e. The molecule has 0 spiro atoms. The number of halogens is 1. The molecule has 1 aliphatic carbocycles. The molecule has 1 fully saturated rings. The van der Waals surface area contributed by atoms with Gasteiger partial charge in [0.25, 0.3) is 0 Å². The summed E-state index contributed by atoms with van der Waals surface area (Å²) in [4.78, 5) is 14.6. The van der Waals surface area contributed by atoms with Crippen LogP contribution in [0.4, 0.5) is 21.7 Å². The molecule has 5 nitrogen and oxygen atoms in total. The highest BCUT2D eigenvalue weighted by atomic mass is 19.1. The lowest BCUT2D eigenvalue weighted by Gasteiger charge is -2.36. The first-order chi connectivity index (χ1) is 19.2. The number of piperazine rings is 1. The Labute approximate surface area is 230 Å². The van der Waals surface area contributed by atoms with Crippen LogP contribution in [0.2, 0.25) is 0 Å². The van der Waals surface area contributed by atoms with Crippen LogP contribution in [0.15, 0.2) is 79.0 Å². The van der Waals surface area contributed by atoms with Gasteiger partial charge < -0.3 is 10.2 Å². The van der Waals surface area contributed by atoms with Gasteiger partial charge in [0.2, 0.25) is 5.95 Å². The Bertz CT molecular complexity index is 1410. The lowest BCUT2D eigenvalue weighted by atomic mass is 9.78. The topological polar surface area (TPSA) is 44.3 Å². The maximum absolute atomic E-state index is 14.7. The van der Waals surface area contributed by atoms with Gasteiger partial charge in [-0.15, -0.1) is 0 Å². The Kier molecular flexibility index (Phi) is 7.55. The average Bonchev–Trinajstić information content (AvgIpc) is 2.98. The molecule has 1 saturated heterocycles. The number of rotatable bonds is 8. The van der Waals surface area contributed by atoms with Crippen molar-refractivity contribution in [1.29, 1.82) is 0 Å². The number of anilines is 3. The Balaban J connectivity index is 1.15. The van der Waals surface area contributed by atoms with E-state index in [1.54, 1.807) is 6.07 Å². The van der Waals surface area contributed by atoms with E-state index in [1.807, 2.05) is 30.5 Å². The molecule has 2 heterocycles. The summed E-state index contributed by atoms with van der Waals surface area (Å²) in [6.07, 6.45) is 6.47. The number of benzene rings is 3. The summed E-state index contributed by atoms with van der Waals surface area (Å²) < 4.78 is 14.7. The van der Waals surface area contributed by atoms with Crippen LogP contribution in [0, 0.1) is 5.82 Å². The molecule has 1 aromatic heterocycles. The van der Waals surface area contributed by atoms with Crippen LogP contribution in [-0.2, 0) is 6.42 Å². The number of fused-ring (bicyclic) bond motifs is 3. The van der Waals surface area contributed by atoms with Crippen LogP contribution in [-0.4, -0.2) is 47.6 Å². The predicted molar refractivity (Wildman–Crippen MR) is 157 cm³/mol. The number of nitrogens with zero attached hydrogens (tertiary/aromatic N) is 4. The van der Waals surface area contributed by atoms with Gasteiger partial charge in [-0.3, -0.25) is 4.90 Å². The molecule has 1 aliphatic heterocycles. The molecule has 39 heavy (non-hydrogen) atoms. The Morgan fingerprint density at radius 1 is 0.872 bits per heavy atom. The summed E-state index contributed by atoms with van der Waals surface area (Å²) >= 11 is 0. The molecule has 6 rings (SSSR count). The first-order valence-corrected chi connectivity index (χ1v) is 14.2. The van der Waals surface area contributed by atoms with Gasteiger partial charge in [0.05, 0.1) is 5.69 Å². The predicted octanol–water partition coefficient (Wildman–Crippen LogP) is 7.03. The summed E-state index contributed by atoms with van der Waals surface area (Å²) in [5, 5.41) is 3.39. The van der Waals surface area contributed by atoms with E-state index in [0.29, 0.717) is 12.4 Å². The second-order valence-electron chi connectivity index (χ2n) is 10.6. The van der Waals surface area contributed by atoms with Gasteiger partial charge in [-0.05, 0) is 66.4 Å². The molecule has 1 unspecified atom stereocenters. The first-order valence-electron chi connectivity index (χ1n) is 14.2. The Hall–Kier alpha value is -3.77. The summed E-state index contributed by atoms with van der Waals surface area (Å²) in [5.41, 5.74) is 7.05. The van der Waals surface area contributed by atoms with E-state index in [-0.39, 0.29) is 11.7 Å². The van der Waals surface area contributed by atoms with E-state index in [1.165, 1.54) is 37.6 Å². The van der Waals surface area contributed by atoms with E-state index in [2.05, 4.69) is 63.4 Å². The van der Waals surface area contributed by atoms with Gasteiger partial charge >= 0.3 is 0 Å². The van der Waals surface area contributed by atoms with Crippen molar-refractivity contribution in [1.82, 2.24) is 14.9 Å². The fourth-order valence-corrected chi connectivity index (χ4v) is 5.93. The van der Waals surface area contributed by atoms with Gasteiger partial charge in [-0.1, -0.05) is 62.2 Å². The van der Waals surface area contributed by atoms with Crippen molar-refractivity contribution in [3.63, 3.8) is 0 Å². The van der Waals surface area contributed by atoms with Crippen LogP contribution in [0.1, 0.15) is 48.8 Å². The molecular formula is C33H36FN5. The fraction of sp³-hybridized carbons (Fsp3) is 0.333. The van der Waals surface area contributed by atoms with Crippen molar-refractivity contribution >= 4 is 17.3 Å². The van der Waals surface area contributed by atoms with Gasteiger partial charge in [-0.2, -0.15) is 0 Å². The zero-order valence-corrected chi connectivity index (χ0v) is 22.6. The van der Waals surface area contributed by atoms with Crippen LogP contribution < -0.4 is 10.2 Å². The molecule has 0 amide bonds. The maximum Gasteiger partial charge on any atom is 0.227 e. The standard InChI is InChI=1S/C33H36FN5/c1-2-3-8-17-38-18-20-39(21-19-38)26-15-13-25(14-16-26)36-33-35-23-24-22-30(28-10-6-7-12-31(28)34)27-9-4-5-11-29(27)32(24)37-33/h4-7,9-16,23,30H,2-3,8,17-22H2,1H3,(H,35,36,37). The summed E-state index contributed by atoms with van der Waals surface area (Å²) in [6, 6.07) is 23.9. The lowest BCUT2D eigenvalue weighted by molar-refractivity contribution is 0.252. The molecule has 0 bridgehead atoms. The number of hydrogen-bond acceptors (Lipinski definition) is 5. The van der Waals surface area contributed by atoms with Crippen LogP contribution in [0.25, 0.3) is 11.3 Å². The molecule has 1 atom stereocenters. The molecule has 2 aliphatic rings. The van der Waals surface area contributed by atoms with Crippen molar-refractivity contribution in [2.24, 2.45) is 0 Å². The molecule has 0 saturated carbocycles. The zero-order valence-electron chi connectivity index (χ0n) is 22.6. The second kappa shape index (κ2) is 11.5. The molecule has 0 radical (unpaired) electrons. The quantitative estimate of drug-likeness (QED) is 0.252. The van der Waals surface area contributed by atoms with E-state index in [9.17, 15) is 4.39 Å². The number of aromatic nitrogens is 2. The number of nitrogens with one attached hydrogen (secondary N) is 1. The van der Waals surface area contributed by atoms with Crippen molar-refractivity contribution < 1.29 is 4.39 Å². The molecule has 200 valence electrons. The van der Waals surface area contributed by atoms with Crippen LogP contribution >= 0.6 is 0 Å². The summed E-state index contributed by atoms with van der Waals surface area (Å²) in [7, 11) is 0. The minimum atomic E-state index is -0.169. The number of unbranched alkanes of at least 4 members (excludes halogenated alkanes) is 2. The normalized spacial score (nSPS) is 17.0. The van der Waals surface area contributed by atoms with Gasteiger partial charge in [0.15, 0.2) is 0 Å². The van der Waals surface area contributed by atoms with E-state index in [4.69, 9.17) is 4.98 Å². The van der Waals surface area contributed by atoms with Gasteiger partial charge in [-0.25, -0.2) is 14.4 Å². The third-order valence-corrected chi connectivity index (χ3v) is 8.10. The minimum absolute atomic E-state index is 0.0527. The smallest absolute Gasteiger partial charge is 0.227 e. The molecule has 6 heteroatoms. The highest BCUT2D eigenvalue weighted by molar-refractivity contribution is 5.73. The highest BCUT2D eigenvalue weighted by Crippen LogP contribution is 2.42. The van der Waals surface area contributed by atoms with Crippen molar-refractivity contribution in [2.75, 3.05) is 42.9 Å². The van der Waals surface area contributed by atoms with E-state index >= 15 is 0 Å². The molecule has 4 aromatic rings. The van der Waals surface area contributed by atoms with Crippen molar-refractivity contribution in [3.05, 3.63) is 102 Å². The van der Waals surface area contributed by atoms with Gasteiger partial charge in [0.1, 0.15) is 5.82 Å². The number of hydrogen-bond donors (Lipinski definition) is 1. The first kappa shape index (κ1) is 25.5. The Morgan fingerprint density at radius 3 is 2.38 bits per heavy atom. The van der Waals surface area contributed by atoms with Crippen molar-refractivity contribution in [2.45, 2.75) is 38.5 Å². The third kappa shape index (κ3) is 5.52. The Morgan fingerprint density at radius 2 is 1.62 bits per heavy atom. The second-order valence-corrected chi connectivity index (χ2v) is 10.6. The van der Waals surface area contributed by atoms with Crippen molar-refractivity contribution in [3.8, 4) is 11.3 Å². The maximum atomic E-state index is 14.7. The molecular weight excluding hydrogens is 485 g/mol. The van der Waals surface area contributed by atoms with E-state index < -0.39 is 0 Å². The largest absolute Gasteiger partial charge is 0.369 e. The zero-order chi connectivity index (χ0) is 26.6. The van der Waals surface area contributed by atoms with Crippen LogP contribution in [0.3, 0.4) is 0 Å². The lowest BCUT2D eigenvalue weighted by Crippen LogP contribution is -2.46. The van der Waals surface area contributed by atoms with Gasteiger partial charge in [0, 0.05) is 55.2 Å². The monoisotopic (exact) mass is 521 g/mol. The fourth-order valence-electron chi connectivity index (χ4n) is 5.93. The summed E-state index contributed by atoms with van der Waals surface area (Å²) in [6.45, 7) is 7.88.